The molecule has 24 heavy (non-hydrogen) atoms. The second-order valence-corrected chi connectivity index (χ2v) is 6.62. The van der Waals surface area contributed by atoms with Crippen molar-refractivity contribution in [2.45, 2.75) is 4.90 Å². The molecule has 0 radical (unpaired) electrons. The highest BCUT2D eigenvalue weighted by Gasteiger charge is 2.13. The van der Waals surface area contributed by atoms with Crippen LogP contribution in [0.25, 0.3) is 16.8 Å². The van der Waals surface area contributed by atoms with Gasteiger partial charge in [-0.2, -0.15) is 5.10 Å². The smallest absolute Gasteiger partial charge is 0.336 e. The number of aromatic nitrogens is 2. The van der Waals surface area contributed by atoms with Crippen LogP contribution >= 0.6 is 0 Å². The molecule has 3 rings (SSSR count). The molecule has 7 nitrogen and oxygen atoms in total. The average molecular weight is 343 g/mol. The van der Waals surface area contributed by atoms with E-state index >= 15 is 0 Å². The van der Waals surface area contributed by atoms with Crippen LogP contribution in [-0.4, -0.2) is 29.3 Å². The van der Waals surface area contributed by atoms with Crippen molar-refractivity contribution in [3.63, 3.8) is 0 Å². The molecule has 0 bridgehead atoms. The van der Waals surface area contributed by atoms with Gasteiger partial charge < -0.3 is 5.11 Å². The molecule has 0 amide bonds. The van der Waals surface area contributed by atoms with E-state index in [-0.39, 0.29) is 10.5 Å². The normalized spacial score (nSPS) is 11.4. The highest BCUT2D eigenvalue weighted by Crippen LogP contribution is 2.24. The fourth-order valence-corrected chi connectivity index (χ4v) is 2.83. The van der Waals surface area contributed by atoms with Gasteiger partial charge in [-0.05, 0) is 35.9 Å². The van der Waals surface area contributed by atoms with E-state index in [9.17, 15) is 18.3 Å². The molecular weight excluding hydrogens is 330 g/mol. The van der Waals surface area contributed by atoms with Crippen molar-refractivity contribution >= 4 is 16.0 Å². The van der Waals surface area contributed by atoms with Crippen LogP contribution in [0.3, 0.4) is 0 Å². The van der Waals surface area contributed by atoms with Gasteiger partial charge >= 0.3 is 5.97 Å². The van der Waals surface area contributed by atoms with Crippen LogP contribution in [-0.2, 0) is 10.0 Å². The quantitative estimate of drug-likeness (QED) is 0.750. The summed E-state index contributed by atoms with van der Waals surface area (Å²) in [5, 5.41) is 18.5. The van der Waals surface area contributed by atoms with Crippen LogP contribution in [0, 0.1) is 0 Å². The van der Waals surface area contributed by atoms with E-state index in [2.05, 4.69) is 5.10 Å². The minimum atomic E-state index is -3.75. The van der Waals surface area contributed by atoms with Crippen molar-refractivity contribution in [3.8, 4) is 16.8 Å². The number of carbonyl (C=O) groups is 1. The van der Waals surface area contributed by atoms with Crippen molar-refractivity contribution < 1.29 is 18.3 Å². The molecule has 3 N–H and O–H groups in total. The summed E-state index contributed by atoms with van der Waals surface area (Å²) in [6, 6.07) is 12.5. The Morgan fingerprint density at radius 2 is 1.75 bits per heavy atom. The summed E-state index contributed by atoms with van der Waals surface area (Å²) in [6.45, 7) is 0. The molecule has 0 saturated heterocycles. The number of sulfonamides is 1. The standard InChI is InChI=1S/C16H13N3O4S/c17-24(22,23)13-7-5-12(6-8-13)19-10-11(9-18-19)14-3-1-2-4-15(14)16(20)21/h1-10H,(H,20,21)(H2,17,22,23). The third-order valence-electron chi connectivity index (χ3n) is 3.48. The minimum absolute atomic E-state index is 0.00912. The van der Waals surface area contributed by atoms with Crippen LogP contribution in [0.4, 0.5) is 0 Å². The van der Waals surface area contributed by atoms with Gasteiger partial charge in [0.05, 0.1) is 22.3 Å². The Bertz CT molecular complexity index is 1010. The number of hydrogen-bond acceptors (Lipinski definition) is 4. The number of carboxylic acids is 1. The molecule has 0 unspecified atom stereocenters. The van der Waals surface area contributed by atoms with Crippen LogP contribution in [0.5, 0.6) is 0 Å². The summed E-state index contributed by atoms with van der Waals surface area (Å²) in [7, 11) is -3.75. The Morgan fingerprint density at radius 3 is 2.38 bits per heavy atom. The molecule has 8 heteroatoms. The lowest BCUT2D eigenvalue weighted by Crippen LogP contribution is -2.12. The summed E-state index contributed by atoms with van der Waals surface area (Å²) in [5.41, 5.74) is 2.00. The fourth-order valence-electron chi connectivity index (χ4n) is 2.31. The van der Waals surface area contributed by atoms with Gasteiger partial charge in [0.2, 0.25) is 10.0 Å². The topological polar surface area (TPSA) is 115 Å². The number of carboxylic acid groups (broad SMARTS) is 1. The SMILES string of the molecule is NS(=O)(=O)c1ccc(-n2cc(-c3ccccc3C(=O)O)cn2)cc1. The molecular formula is C16H13N3O4S. The van der Waals surface area contributed by atoms with Gasteiger partial charge in [-0.3, -0.25) is 0 Å². The molecule has 0 spiro atoms. The molecule has 1 aromatic heterocycles. The van der Waals surface area contributed by atoms with E-state index in [1.807, 2.05) is 0 Å². The minimum Gasteiger partial charge on any atom is -0.478 e. The summed E-state index contributed by atoms with van der Waals surface area (Å²) < 4.78 is 24.1. The molecule has 0 aliphatic rings. The zero-order valence-electron chi connectivity index (χ0n) is 12.3. The molecule has 0 aliphatic carbocycles. The molecule has 0 fully saturated rings. The van der Waals surface area contributed by atoms with Gasteiger partial charge in [0, 0.05) is 11.8 Å². The third-order valence-corrected chi connectivity index (χ3v) is 4.41. The highest BCUT2D eigenvalue weighted by atomic mass is 32.2. The Labute approximate surface area is 138 Å². The van der Waals surface area contributed by atoms with Crippen molar-refractivity contribution in [1.82, 2.24) is 9.78 Å². The van der Waals surface area contributed by atoms with Crippen LogP contribution in [0.1, 0.15) is 10.4 Å². The van der Waals surface area contributed by atoms with Crippen molar-refractivity contribution in [2.24, 2.45) is 5.14 Å². The van der Waals surface area contributed by atoms with Crippen LogP contribution in [0.15, 0.2) is 65.8 Å². The Hall–Kier alpha value is -2.97. The average Bonchev–Trinajstić information content (AvgIpc) is 3.04. The van der Waals surface area contributed by atoms with Gasteiger partial charge in [0.15, 0.2) is 0 Å². The second kappa shape index (κ2) is 5.91. The largest absolute Gasteiger partial charge is 0.478 e. The van der Waals surface area contributed by atoms with E-state index in [0.29, 0.717) is 16.8 Å². The molecule has 0 aliphatic heterocycles. The maximum absolute atomic E-state index is 11.3. The van der Waals surface area contributed by atoms with Gasteiger partial charge in [0.1, 0.15) is 0 Å². The number of nitrogens with two attached hydrogens (primary N) is 1. The monoisotopic (exact) mass is 343 g/mol. The molecule has 0 atom stereocenters. The van der Waals surface area contributed by atoms with E-state index in [1.54, 1.807) is 42.7 Å². The lowest BCUT2D eigenvalue weighted by atomic mass is 10.0. The lowest BCUT2D eigenvalue weighted by molar-refractivity contribution is 0.0697. The Balaban J connectivity index is 1.99. The number of hydrogen-bond donors (Lipinski definition) is 2. The van der Waals surface area contributed by atoms with Crippen molar-refractivity contribution in [1.29, 1.82) is 0 Å². The Kier molecular flexibility index (Phi) is 3.92. The van der Waals surface area contributed by atoms with Crippen LogP contribution in [0.2, 0.25) is 0 Å². The molecule has 0 saturated carbocycles. The third kappa shape index (κ3) is 3.05. The van der Waals surface area contributed by atoms with Crippen molar-refractivity contribution in [3.05, 3.63) is 66.5 Å². The zero-order valence-corrected chi connectivity index (χ0v) is 13.1. The van der Waals surface area contributed by atoms with E-state index in [1.165, 1.54) is 22.9 Å². The van der Waals surface area contributed by atoms with Gasteiger partial charge in [-0.1, -0.05) is 18.2 Å². The van der Waals surface area contributed by atoms with E-state index < -0.39 is 16.0 Å². The summed E-state index contributed by atoms with van der Waals surface area (Å²) in [6.07, 6.45) is 3.23. The van der Waals surface area contributed by atoms with Crippen molar-refractivity contribution in [2.75, 3.05) is 0 Å². The lowest BCUT2D eigenvalue weighted by Gasteiger charge is -2.04. The fraction of sp³-hybridized carbons (Fsp3) is 0. The number of primary sulfonamides is 1. The predicted molar refractivity (Wildman–Crippen MR) is 87.3 cm³/mol. The van der Waals surface area contributed by atoms with Gasteiger partial charge in [-0.25, -0.2) is 23.0 Å². The first-order chi connectivity index (χ1) is 11.4. The number of aromatic carboxylic acids is 1. The molecule has 3 aromatic rings. The Morgan fingerprint density at radius 1 is 1.08 bits per heavy atom. The highest BCUT2D eigenvalue weighted by molar-refractivity contribution is 7.89. The summed E-state index contributed by atoms with van der Waals surface area (Å²) >= 11 is 0. The van der Waals surface area contributed by atoms with E-state index in [4.69, 9.17) is 5.14 Å². The molecule has 122 valence electrons. The number of rotatable bonds is 4. The molecule has 1 heterocycles. The summed E-state index contributed by atoms with van der Waals surface area (Å²) in [4.78, 5) is 11.3. The summed E-state index contributed by atoms with van der Waals surface area (Å²) in [5.74, 6) is -1.02. The number of nitrogens with zero attached hydrogens (tertiary/aromatic N) is 2. The predicted octanol–water partition coefficient (Wildman–Crippen LogP) is 1.88. The maximum Gasteiger partial charge on any atom is 0.336 e. The van der Waals surface area contributed by atoms with Crippen LogP contribution < -0.4 is 5.14 Å². The second-order valence-electron chi connectivity index (χ2n) is 5.06. The first-order valence-corrected chi connectivity index (χ1v) is 8.41. The van der Waals surface area contributed by atoms with E-state index in [0.717, 1.165) is 0 Å². The first kappa shape index (κ1) is 15.9. The maximum atomic E-state index is 11.3. The number of benzene rings is 2. The first-order valence-electron chi connectivity index (χ1n) is 6.87. The zero-order chi connectivity index (χ0) is 17.3. The van der Waals surface area contributed by atoms with Gasteiger partial charge in [-0.15, -0.1) is 0 Å². The van der Waals surface area contributed by atoms with Gasteiger partial charge in [0.25, 0.3) is 0 Å². The molecule has 2 aromatic carbocycles.